The van der Waals surface area contributed by atoms with Gasteiger partial charge < -0.3 is 9.84 Å². The number of carbonyl (C=O) groups excluding carboxylic acids is 2. The summed E-state index contributed by atoms with van der Waals surface area (Å²) in [5.41, 5.74) is 3.00. The van der Waals surface area contributed by atoms with Crippen LogP contribution in [0.3, 0.4) is 0 Å². The first-order chi connectivity index (χ1) is 15.5. The van der Waals surface area contributed by atoms with E-state index >= 15 is 0 Å². The van der Waals surface area contributed by atoms with Crippen LogP contribution in [0.4, 0.5) is 5.69 Å². The predicted molar refractivity (Wildman–Crippen MR) is 125 cm³/mol. The van der Waals surface area contributed by atoms with Gasteiger partial charge in [-0.2, -0.15) is 0 Å². The normalized spacial score (nSPS) is 17.6. The van der Waals surface area contributed by atoms with Gasteiger partial charge in [0.05, 0.1) is 18.2 Å². The minimum atomic E-state index is -0.751. The summed E-state index contributed by atoms with van der Waals surface area (Å²) in [4.78, 5) is 27.7. The average molecular weight is 428 g/mol. The number of ether oxygens (including phenoxy) is 1. The standard InChI is InChI=1S/C27H25NO4/c1-3-18-10-12-20(13-11-18)25(29)23-24(19-14-16-22(17-15-19)32-4-2)28(27(31)26(23)30)21-8-6-5-7-9-21/h5-17,24,29H,3-4H2,1-2H3/b25-23-. The van der Waals surface area contributed by atoms with E-state index in [4.69, 9.17) is 4.74 Å². The number of aliphatic hydroxyl groups excluding tert-OH is 1. The van der Waals surface area contributed by atoms with E-state index in [1.54, 1.807) is 36.4 Å². The second-order valence-corrected chi connectivity index (χ2v) is 7.56. The van der Waals surface area contributed by atoms with E-state index in [0.29, 0.717) is 29.2 Å². The van der Waals surface area contributed by atoms with E-state index in [1.165, 1.54) is 4.90 Å². The third-order valence-corrected chi connectivity index (χ3v) is 5.62. The molecule has 5 heteroatoms. The second kappa shape index (κ2) is 9.10. The maximum Gasteiger partial charge on any atom is 0.300 e. The lowest BCUT2D eigenvalue weighted by molar-refractivity contribution is -0.132. The van der Waals surface area contributed by atoms with Gasteiger partial charge in [0.25, 0.3) is 11.7 Å². The van der Waals surface area contributed by atoms with Crippen LogP contribution in [0.1, 0.15) is 36.6 Å². The van der Waals surface area contributed by atoms with E-state index in [0.717, 1.165) is 12.0 Å². The molecule has 1 heterocycles. The number of benzene rings is 3. The highest BCUT2D eigenvalue weighted by atomic mass is 16.5. The van der Waals surface area contributed by atoms with Crippen LogP contribution in [-0.2, 0) is 16.0 Å². The fraction of sp³-hybridized carbons (Fsp3) is 0.185. The molecule has 162 valence electrons. The molecule has 4 rings (SSSR count). The van der Waals surface area contributed by atoms with Gasteiger partial charge in [0.2, 0.25) is 0 Å². The number of nitrogens with zero attached hydrogens (tertiary/aromatic N) is 1. The largest absolute Gasteiger partial charge is 0.507 e. The van der Waals surface area contributed by atoms with Crippen molar-refractivity contribution >= 4 is 23.1 Å². The van der Waals surface area contributed by atoms with Crippen molar-refractivity contribution in [2.45, 2.75) is 26.3 Å². The number of hydrogen-bond acceptors (Lipinski definition) is 4. The highest BCUT2D eigenvalue weighted by Gasteiger charge is 2.46. The lowest BCUT2D eigenvalue weighted by atomic mass is 9.94. The Balaban J connectivity index is 1.88. The number of rotatable bonds is 6. The molecule has 1 N–H and O–H groups in total. The average Bonchev–Trinajstić information content (AvgIpc) is 3.10. The van der Waals surface area contributed by atoms with Gasteiger partial charge in [0, 0.05) is 11.3 Å². The number of ketones is 1. The number of amides is 1. The van der Waals surface area contributed by atoms with Crippen molar-refractivity contribution in [1.82, 2.24) is 0 Å². The summed E-state index contributed by atoms with van der Waals surface area (Å²) < 4.78 is 5.53. The molecule has 0 spiro atoms. The molecule has 0 aliphatic carbocycles. The van der Waals surface area contributed by atoms with E-state index in [-0.39, 0.29) is 11.3 Å². The van der Waals surface area contributed by atoms with Gasteiger partial charge >= 0.3 is 0 Å². The number of aliphatic hydroxyl groups is 1. The molecule has 1 fully saturated rings. The number of para-hydroxylation sites is 1. The van der Waals surface area contributed by atoms with Gasteiger partial charge in [-0.3, -0.25) is 14.5 Å². The molecule has 32 heavy (non-hydrogen) atoms. The molecule has 0 bridgehead atoms. The zero-order chi connectivity index (χ0) is 22.7. The van der Waals surface area contributed by atoms with Crippen LogP contribution in [0.2, 0.25) is 0 Å². The smallest absolute Gasteiger partial charge is 0.300 e. The van der Waals surface area contributed by atoms with Crippen LogP contribution in [0.5, 0.6) is 5.75 Å². The molecule has 1 atom stereocenters. The molecule has 1 amide bonds. The van der Waals surface area contributed by atoms with Gasteiger partial charge in [-0.15, -0.1) is 0 Å². The molecule has 3 aromatic carbocycles. The lowest BCUT2D eigenvalue weighted by Gasteiger charge is -2.25. The van der Waals surface area contributed by atoms with E-state index in [9.17, 15) is 14.7 Å². The minimum Gasteiger partial charge on any atom is -0.507 e. The SMILES string of the molecule is CCOc1ccc(C2/C(=C(/O)c3ccc(CC)cc3)C(=O)C(=O)N2c2ccccc2)cc1. The summed E-state index contributed by atoms with van der Waals surface area (Å²) in [5.74, 6) is -0.849. The Morgan fingerprint density at radius 3 is 2.16 bits per heavy atom. The van der Waals surface area contributed by atoms with Crippen LogP contribution in [0.25, 0.3) is 5.76 Å². The molecule has 1 saturated heterocycles. The molecule has 0 radical (unpaired) electrons. The predicted octanol–water partition coefficient (Wildman–Crippen LogP) is 5.27. The van der Waals surface area contributed by atoms with Crippen molar-refractivity contribution in [1.29, 1.82) is 0 Å². The van der Waals surface area contributed by atoms with Gasteiger partial charge in [-0.05, 0) is 48.7 Å². The van der Waals surface area contributed by atoms with E-state index in [1.807, 2.05) is 56.3 Å². The topological polar surface area (TPSA) is 66.8 Å². The van der Waals surface area contributed by atoms with Gasteiger partial charge in [-0.1, -0.05) is 61.5 Å². The summed E-state index contributed by atoms with van der Waals surface area (Å²) in [6, 6.07) is 22.9. The summed E-state index contributed by atoms with van der Waals surface area (Å²) >= 11 is 0. The maximum absolute atomic E-state index is 13.1. The first-order valence-corrected chi connectivity index (χ1v) is 10.7. The quantitative estimate of drug-likeness (QED) is 0.330. The lowest BCUT2D eigenvalue weighted by Crippen LogP contribution is -2.29. The highest BCUT2D eigenvalue weighted by molar-refractivity contribution is 6.51. The molecule has 3 aromatic rings. The molecule has 1 aliphatic rings. The molecular formula is C27H25NO4. The highest BCUT2D eigenvalue weighted by Crippen LogP contribution is 2.42. The molecule has 1 unspecified atom stereocenters. The Morgan fingerprint density at radius 2 is 1.56 bits per heavy atom. The zero-order valence-electron chi connectivity index (χ0n) is 18.1. The summed E-state index contributed by atoms with van der Waals surface area (Å²) in [6.07, 6.45) is 0.867. The van der Waals surface area contributed by atoms with Crippen LogP contribution >= 0.6 is 0 Å². The Hall–Kier alpha value is -3.86. The van der Waals surface area contributed by atoms with Crippen molar-refractivity contribution in [3.8, 4) is 5.75 Å². The van der Waals surface area contributed by atoms with Crippen molar-refractivity contribution in [2.75, 3.05) is 11.5 Å². The minimum absolute atomic E-state index is 0.0762. The molecule has 0 aromatic heterocycles. The number of anilines is 1. The van der Waals surface area contributed by atoms with Gasteiger partial charge in [0.1, 0.15) is 11.5 Å². The molecule has 1 aliphatic heterocycles. The molecule has 0 saturated carbocycles. The van der Waals surface area contributed by atoms with Crippen LogP contribution in [-0.4, -0.2) is 23.4 Å². The van der Waals surface area contributed by atoms with Gasteiger partial charge in [-0.25, -0.2) is 0 Å². The van der Waals surface area contributed by atoms with Crippen molar-refractivity contribution in [3.05, 3.63) is 101 Å². The summed E-state index contributed by atoms with van der Waals surface area (Å²) in [5, 5.41) is 11.2. The first-order valence-electron chi connectivity index (χ1n) is 10.7. The van der Waals surface area contributed by atoms with Gasteiger partial charge in [0.15, 0.2) is 0 Å². The van der Waals surface area contributed by atoms with Crippen molar-refractivity contribution < 1.29 is 19.4 Å². The zero-order valence-corrected chi connectivity index (χ0v) is 18.1. The fourth-order valence-corrected chi connectivity index (χ4v) is 3.97. The fourth-order valence-electron chi connectivity index (χ4n) is 3.97. The van der Waals surface area contributed by atoms with Crippen molar-refractivity contribution in [3.63, 3.8) is 0 Å². The molecular weight excluding hydrogens is 402 g/mol. The Morgan fingerprint density at radius 1 is 0.906 bits per heavy atom. The number of Topliss-reactive ketones (excluding diaryl/α,β-unsaturated/α-hetero) is 1. The third kappa shape index (κ3) is 3.89. The number of carbonyl (C=O) groups is 2. The molecule has 5 nitrogen and oxygen atoms in total. The van der Waals surface area contributed by atoms with Crippen LogP contribution in [0, 0.1) is 0 Å². The summed E-state index contributed by atoms with van der Waals surface area (Å²) in [6.45, 7) is 4.49. The number of hydrogen-bond donors (Lipinski definition) is 1. The Bertz CT molecular complexity index is 1150. The maximum atomic E-state index is 13.1. The monoisotopic (exact) mass is 427 g/mol. The Kier molecular flexibility index (Phi) is 6.08. The van der Waals surface area contributed by atoms with Crippen molar-refractivity contribution in [2.24, 2.45) is 0 Å². The third-order valence-electron chi connectivity index (χ3n) is 5.62. The van der Waals surface area contributed by atoms with E-state index in [2.05, 4.69) is 0 Å². The Labute approximate surface area is 187 Å². The van der Waals surface area contributed by atoms with Crippen LogP contribution in [0.15, 0.2) is 84.4 Å². The summed E-state index contributed by atoms with van der Waals surface area (Å²) in [7, 11) is 0. The van der Waals surface area contributed by atoms with Crippen LogP contribution < -0.4 is 9.64 Å². The first kappa shape index (κ1) is 21.4. The second-order valence-electron chi connectivity index (χ2n) is 7.56. The van der Waals surface area contributed by atoms with E-state index < -0.39 is 17.7 Å². The number of aryl methyl sites for hydroxylation is 1.